The van der Waals surface area contributed by atoms with E-state index in [0.29, 0.717) is 6.04 Å². The van der Waals surface area contributed by atoms with Crippen LogP contribution in [0.2, 0.25) is 0 Å². The van der Waals surface area contributed by atoms with Crippen molar-refractivity contribution in [3.8, 4) is 0 Å². The fourth-order valence-electron chi connectivity index (χ4n) is 3.71. The molecular formula is C21H28N2. The Kier molecular flexibility index (Phi) is 5.14. The fraction of sp³-hybridized carbons (Fsp3) is 0.429. The average Bonchev–Trinajstić information content (AvgIpc) is 2.80. The van der Waals surface area contributed by atoms with Crippen molar-refractivity contribution in [3.05, 3.63) is 70.3 Å². The quantitative estimate of drug-likeness (QED) is 0.922. The van der Waals surface area contributed by atoms with Crippen LogP contribution in [0.5, 0.6) is 0 Å². The SMILES string of the molecule is Cc1ccc(C(c2ccccc2C)N2CCCNCC2)c(C)c1. The molecule has 2 nitrogen and oxygen atoms in total. The van der Waals surface area contributed by atoms with Gasteiger partial charge in [-0.15, -0.1) is 0 Å². The highest BCUT2D eigenvalue weighted by Gasteiger charge is 2.25. The molecule has 2 heteroatoms. The molecule has 0 saturated carbocycles. The first-order valence-electron chi connectivity index (χ1n) is 8.74. The Balaban J connectivity index is 2.07. The van der Waals surface area contributed by atoms with E-state index in [1.54, 1.807) is 0 Å². The lowest BCUT2D eigenvalue weighted by Gasteiger charge is -2.33. The summed E-state index contributed by atoms with van der Waals surface area (Å²) in [7, 11) is 0. The third-order valence-corrected chi connectivity index (χ3v) is 4.94. The van der Waals surface area contributed by atoms with Crippen molar-refractivity contribution in [1.29, 1.82) is 0 Å². The normalized spacial score (nSPS) is 17.7. The molecular weight excluding hydrogens is 280 g/mol. The minimum absolute atomic E-state index is 0.358. The molecule has 23 heavy (non-hydrogen) atoms. The van der Waals surface area contributed by atoms with E-state index < -0.39 is 0 Å². The predicted octanol–water partition coefficient (Wildman–Crippen LogP) is 4.00. The van der Waals surface area contributed by atoms with Crippen LogP contribution in [0.4, 0.5) is 0 Å². The van der Waals surface area contributed by atoms with Gasteiger partial charge in [-0.3, -0.25) is 4.90 Å². The van der Waals surface area contributed by atoms with E-state index in [2.05, 4.69) is 73.5 Å². The molecule has 0 aromatic heterocycles. The molecule has 1 aliphatic rings. The largest absolute Gasteiger partial charge is 0.315 e. The van der Waals surface area contributed by atoms with Crippen molar-refractivity contribution >= 4 is 0 Å². The lowest BCUT2D eigenvalue weighted by Crippen LogP contribution is -2.33. The van der Waals surface area contributed by atoms with Gasteiger partial charge in [0.25, 0.3) is 0 Å². The van der Waals surface area contributed by atoms with Gasteiger partial charge in [0.15, 0.2) is 0 Å². The third kappa shape index (κ3) is 3.65. The molecule has 0 bridgehead atoms. The second-order valence-electron chi connectivity index (χ2n) is 6.76. The van der Waals surface area contributed by atoms with Crippen LogP contribution in [0.3, 0.4) is 0 Å². The molecule has 2 aromatic carbocycles. The fourth-order valence-corrected chi connectivity index (χ4v) is 3.71. The Morgan fingerprint density at radius 2 is 1.65 bits per heavy atom. The van der Waals surface area contributed by atoms with Gasteiger partial charge in [0.1, 0.15) is 0 Å². The smallest absolute Gasteiger partial charge is 0.0607 e. The van der Waals surface area contributed by atoms with Crippen molar-refractivity contribution in [2.45, 2.75) is 33.2 Å². The Hall–Kier alpha value is -1.64. The Morgan fingerprint density at radius 3 is 2.43 bits per heavy atom. The van der Waals surface area contributed by atoms with E-state index in [1.807, 2.05) is 0 Å². The first kappa shape index (κ1) is 16.2. The first-order valence-corrected chi connectivity index (χ1v) is 8.74. The maximum Gasteiger partial charge on any atom is 0.0607 e. The Bertz CT molecular complexity index is 655. The Labute approximate surface area is 140 Å². The van der Waals surface area contributed by atoms with E-state index in [1.165, 1.54) is 34.2 Å². The number of hydrogen-bond donors (Lipinski definition) is 1. The van der Waals surface area contributed by atoms with Crippen molar-refractivity contribution in [2.75, 3.05) is 26.2 Å². The summed E-state index contributed by atoms with van der Waals surface area (Å²) in [6, 6.07) is 16.1. The molecule has 0 radical (unpaired) electrons. The third-order valence-electron chi connectivity index (χ3n) is 4.94. The van der Waals surface area contributed by atoms with E-state index in [-0.39, 0.29) is 0 Å². The van der Waals surface area contributed by atoms with Crippen molar-refractivity contribution in [1.82, 2.24) is 10.2 Å². The number of rotatable bonds is 3. The summed E-state index contributed by atoms with van der Waals surface area (Å²) in [6.07, 6.45) is 1.22. The zero-order valence-electron chi connectivity index (χ0n) is 14.6. The number of benzene rings is 2. The van der Waals surface area contributed by atoms with Gasteiger partial charge in [-0.1, -0.05) is 48.0 Å². The van der Waals surface area contributed by atoms with Crippen molar-refractivity contribution < 1.29 is 0 Å². The highest BCUT2D eigenvalue weighted by molar-refractivity contribution is 5.41. The van der Waals surface area contributed by atoms with Gasteiger partial charge in [-0.05, 0) is 56.0 Å². The van der Waals surface area contributed by atoms with Crippen LogP contribution >= 0.6 is 0 Å². The summed E-state index contributed by atoms with van der Waals surface area (Å²) < 4.78 is 0. The molecule has 1 aliphatic heterocycles. The van der Waals surface area contributed by atoms with Crippen LogP contribution in [-0.4, -0.2) is 31.1 Å². The van der Waals surface area contributed by atoms with E-state index in [0.717, 1.165) is 26.2 Å². The van der Waals surface area contributed by atoms with E-state index in [4.69, 9.17) is 0 Å². The summed E-state index contributed by atoms with van der Waals surface area (Å²) in [4.78, 5) is 2.65. The average molecular weight is 308 g/mol. The highest BCUT2D eigenvalue weighted by atomic mass is 15.2. The van der Waals surface area contributed by atoms with Crippen LogP contribution in [0.15, 0.2) is 42.5 Å². The zero-order valence-corrected chi connectivity index (χ0v) is 14.6. The number of hydrogen-bond acceptors (Lipinski definition) is 2. The highest BCUT2D eigenvalue weighted by Crippen LogP contribution is 2.33. The van der Waals surface area contributed by atoms with Crippen molar-refractivity contribution in [2.24, 2.45) is 0 Å². The Morgan fingerprint density at radius 1 is 0.870 bits per heavy atom. The summed E-state index contributed by atoms with van der Waals surface area (Å²) in [5.41, 5.74) is 7.02. The molecule has 1 heterocycles. The maximum atomic E-state index is 3.53. The van der Waals surface area contributed by atoms with E-state index >= 15 is 0 Å². The molecule has 1 unspecified atom stereocenters. The van der Waals surface area contributed by atoms with Gasteiger partial charge in [0.2, 0.25) is 0 Å². The van der Waals surface area contributed by atoms with Crippen molar-refractivity contribution in [3.63, 3.8) is 0 Å². The molecule has 1 saturated heterocycles. The second-order valence-corrected chi connectivity index (χ2v) is 6.76. The monoisotopic (exact) mass is 308 g/mol. The number of nitrogens with one attached hydrogen (secondary N) is 1. The van der Waals surface area contributed by atoms with E-state index in [9.17, 15) is 0 Å². The van der Waals surface area contributed by atoms with Gasteiger partial charge < -0.3 is 5.32 Å². The van der Waals surface area contributed by atoms with Crippen LogP contribution in [0.1, 0.15) is 40.3 Å². The van der Waals surface area contributed by atoms with Crippen LogP contribution in [0.25, 0.3) is 0 Å². The number of nitrogens with zero attached hydrogens (tertiary/aromatic N) is 1. The lowest BCUT2D eigenvalue weighted by molar-refractivity contribution is 0.240. The van der Waals surface area contributed by atoms with Crippen LogP contribution < -0.4 is 5.32 Å². The number of aryl methyl sites for hydroxylation is 3. The second kappa shape index (κ2) is 7.29. The van der Waals surface area contributed by atoms with Gasteiger partial charge in [-0.2, -0.15) is 0 Å². The van der Waals surface area contributed by atoms with Gasteiger partial charge in [-0.25, -0.2) is 0 Å². The van der Waals surface area contributed by atoms with Crippen LogP contribution in [0, 0.1) is 20.8 Å². The molecule has 3 rings (SSSR count). The topological polar surface area (TPSA) is 15.3 Å². The zero-order chi connectivity index (χ0) is 16.2. The minimum atomic E-state index is 0.358. The maximum absolute atomic E-state index is 3.53. The molecule has 0 amide bonds. The molecule has 122 valence electrons. The molecule has 0 spiro atoms. The standard InChI is InChI=1S/C21H28N2/c1-16-9-10-20(18(3)15-16)21(19-8-5-4-7-17(19)2)23-13-6-11-22-12-14-23/h4-5,7-10,15,21-22H,6,11-14H2,1-3H3. The molecule has 1 fully saturated rings. The summed E-state index contributed by atoms with van der Waals surface area (Å²) >= 11 is 0. The van der Waals surface area contributed by atoms with Gasteiger partial charge >= 0.3 is 0 Å². The summed E-state index contributed by atoms with van der Waals surface area (Å²) in [6.45, 7) is 11.1. The van der Waals surface area contributed by atoms with Crippen LogP contribution in [-0.2, 0) is 0 Å². The van der Waals surface area contributed by atoms with Gasteiger partial charge in [0, 0.05) is 19.6 Å². The minimum Gasteiger partial charge on any atom is -0.315 e. The molecule has 0 aliphatic carbocycles. The summed E-state index contributed by atoms with van der Waals surface area (Å²) in [5.74, 6) is 0. The summed E-state index contributed by atoms with van der Waals surface area (Å²) in [5, 5.41) is 3.53. The molecule has 2 aromatic rings. The molecule has 1 atom stereocenters. The first-order chi connectivity index (χ1) is 11.2. The van der Waals surface area contributed by atoms with Gasteiger partial charge in [0.05, 0.1) is 6.04 Å². The molecule has 1 N–H and O–H groups in total. The predicted molar refractivity (Wildman–Crippen MR) is 98.0 cm³/mol. The lowest BCUT2D eigenvalue weighted by atomic mass is 9.90.